The highest BCUT2D eigenvalue weighted by molar-refractivity contribution is 6.14. The molecular weight excluding hydrogens is 328 g/mol. The Morgan fingerprint density at radius 2 is 1.69 bits per heavy atom. The lowest BCUT2D eigenvalue weighted by atomic mass is 10.1. The standard InChI is InChI=1S/C21H22N2O3/c1-4-14-5-7-15(8-6-14)11-17-21(24)23-20(22-17)13-16-9-10-18(25-2)19(12-16)26-3/h5-12H,4,13H2,1-3H3,(H,22,23,24)/b17-11+. The number of carbonyl (C=O) groups is 1. The Balaban J connectivity index is 1.78. The van der Waals surface area contributed by atoms with Gasteiger partial charge in [-0.25, -0.2) is 4.99 Å². The lowest BCUT2D eigenvalue weighted by Gasteiger charge is -2.09. The molecule has 2 aromatic rings. The number of nitrogens with one attached hydrogen (secondary N) is 1. The molecule has 0 spiro atoms. The van der Waals surface area contributed by atoms with Crippen molar-refractivity contribution in [2.45, 2.75) is 19.8 Å². The van der Waals surface area contributed by atoms with Gasteiger partial charge in [0.05, 0.1) is 14.2 Å². The van der Waals surface area contributed by atoms with Crippen molar-refractivity contribution in [1.29, 1.82) is 0 Å². The van der Waals surface area contributed by atoms with E-state index >= 15 is 0 Å². The van der Waals surface area contributed by atoms with Gasteiger partial charge in [-0.2, -0.15) is 0 Å². The highest BCUT2D eigenvalue weighted by Gasteiger charge is 2.20. The molecule has 1 N–H and O–H groups in total. The van der Waals surface area contributed by atoms with Gasteiger partial charge >= 0.3 is 0 Å². The molecular formula is C21H22N2O3. The smallest absolute Gasteiger partial charge is 0.275 e. The molecule has 0 unspecified atom stereocenters. The molecule has 26 heavy (non-hydrogen) atoms. The van der Waals surface area contributed by atoms with Gasteiger partial charge in [-0.3, -0.25) is 4.79 Å². The van der Waals surface area contributed by atoms with Gasteiger partial charge in [-0.05, 0) is 41.3 Å². The average Bonchev–Trinajstić information content (AvgIpc) is 3.01. The number of amidine groups is 1. The van der Waals surface area contributed by atoms with Crippen molar-refractivity contribution >= 4 is 17.8 Å². The molecule has 2 aromatic carbocycles. The second kappa shape index (κ2) is 7.87. The number of rotatable bonds is 6. The summed E-state index contributed by atoms with van der Waals surface area (Å²) in [5.74, 6) is 1.77. The van der Waals surface area contributed by atoms with Crippen LogP contribution in [-0.4, -0.2) is 26.0 Å². The fraction of sp³-hybridized carbons (Fsp3) is 0.238. The first-order valence-corrected chi connectivity index (χ1v) is 8.53. The van der Waals surface area contributed by atoms with E-state index in [1.807, 2.05) is 30.3 Å². The molecule has 5 nitrogen and oxygen atoms in total. The monoisotopic (exact) mass is 350 g/mol. The summed E-state index contributed by atoms with van der Waals surface area (Å²) in [6.45, 7) is 2.11. The van der Waals surface area contributed by atoms with Crippen LogP contribution in [0.25, 0.3) is 6.08 Å². The van der Waals surface area contributed by atoms with Crippen LogP contribution < -0.4 is 14.8 Å². The van der Waals surface area contributed by atoms with Crippen LogP contribution in [-0.2, 0) is 17.6 Å². The van der Waals surface area contributed by atoms with Crippen molar-refractivity contribution in [2.75, 3.05) is 14.2 Å². The van der Waals surface area contributed by atoms with Gasteiger partial charge in [0.25, 0.3) is 5.91 Å². The van der Waals surface area contributed by atoms with E-state index in [2.05, 4.69) is 29.4 Å². The Bertz CT molecular complexity index is 867. The molecule has 0 radical (unpaired) electrons. The molecule has 0 fully saturated rings. The SMILES string of the molecule is CCc1ccc(/C=C2/N=C(Cc3ccc(OC)c(OC)c3)NC2=O)cc1. The molecule has 1 aliphatic heterocycles. The Morgan fingerprint density at radius 1 is 1.00 bits per heavy atom. The zero-order chi connectivity index (χ0) is 18.5. The molecule has 1 aliphatic rings. The normalized spacial score (nSPS) is 15.0. The number of methoxy groups -OCH3 is 2. The van der Waals surface area contributed by atoms with E-state index in [9.17, 15) is 4.79 Å². The summed E-state index contributed by atoms with van der Waals surface area (Å²) in [6, 6.07) is 13.8. The van der Waals surface area contributed by atoms with Gasteiger partial charge in [0.2, 0.25) is 0 Å². The van der Waals surface area contributed by atoms with Crippen LogP contribution in [0.15, 0.2) is 53.2 Å². The fourth-order valence-corrected chi connectivity index (χ4v) is 2.79. The number of ether oxygens (including phenoxy) is 2. The number of aryl methyl sites for hydroxylation is 1. The Kier molecular flexibility index (Phi) is 5.37. The Labute approximate surface area is 153 Å². The number of amides is 1. The lowest BCUT2D eigenvalue weighted by molar-refractivity contribution is -0.115. The van der Waals surface area contributed by atoms with E-state index in [0.29, 0.717) is 29.5 Å². The van der Waals surface area contributed by atoms with Crippen LogP contribution in [0.2, 0.25) is 0 Å². The summed E-state index contributed by atoms with van der Waals surface area (Å²) >= 11 is 0. The first-order valence-electron chi connectivity index (χ1n) is 8.53. The minimum atomic E-state index is -0.181. The number of nitrogens with zero attached hydrogens (tertiary/aromatic N) is 1. The van der Waals surface area contributed by atoms with Crippen LogP contribution >= 0.6 is 0 Å². The van der Waals surface area contributed by atoms with E-state index in [-0.39, 0.29) is 5.91 Å². The van der Waals surface area contributed by atoms with E-state index in [1.165, 1.54) is 5.56 Å². The summed E-state index contributed by atoms with van der Waals surface area (Å²) in [4.78, 5) is 16.6. The maximum atomic E-state index is 12.2. The predicted molar refractivity (Wildman–Crippen MR) is 103 cm³/mol. The minimum Gasteiger partial charge on any atom is -0.493 e. The average molecular weight is 350 g/mol. The van der Waals surface area contributed by atoms with Gasteiger partial charge in [-0.1, -0.05) is 37.3 Å². The molecule has 0 atom stereocenters. The molecule has 0 saturated heterocycles. The molecule has 0 saturated carbocycles. The van der Waals surface area contributed by atoms with E-state index in [1.54, 1.807) is 20.3 Å². The van der Waals surface area contributed by atoms with Crippen molar-refractivity contribution in [3.05, 3.63) is 64.9 Å². The van der Waals surface area contributed by atoms with Gasteiger partial charge < -0.3 is 14.8 Å². The first-order chi connectivity index (χ1) is 12.6. The third kappa shape index (κ3) is 3.94. The Hall–Kier alpha value is -3.08. The topological polar surface area (TPSA) is 59.9 Å². The van der Waals surface area contributed by atoms with Crippen molar-refractivity contribution < 1.29 is 14.3 Å². The lowest BCUT2D eigenvalue weighted by Crippen LogP contribution is -2.25. The molecule has 3 rings (SSSR count). The predicted octanol–water partition coefficient (Wildman–Crippen LogP) is 3.38. The zero-order valence-electron chi connectivity index (χ0n) is 15.2. The summed E-state index contributed by atoms with van der Waals surface area (Å²) in [6.07, 6.45) is 3.31. The number of hydrogen-bond donors (Lipinski definition) is 1. The van der Waals surface area contributed by atoms with Gasteiger partial charge in [-0.15, -0.1) is 0 Å². The van der Waals surface area contributed by atoms with E-state index < -0.39 is 0 Å². The van der Waals surface area contributed by atoms with Crippen LogP contribution in [0.1, 0.15) is 23.6 Å². The molecule has 0 aromatic heterocycles. The third-order valence-corrected chi connectivity index (χ3v) is 4.26. The maximum absolute atomic E-state index is 12.2. The van der Waals surface area contributed by atoms with Crippen LogP contribution in [0.3, 0.4) is 0 Å². The van der Waals surface area contributed by atoms with Crippen molar-refractivity contribution in [3.63, 3.8) is 0 Å². The van der Waals surface area contributed by atoms with Crippen LogP contribution in [0.4, 0.5) is 0 Å². The third-order valence-electron chi connectivity index (χ3n) is 4.26. The molecule has 0 aliphatic carbocycles. The number of benzene rings is 2. The minimum absolute atomic E-state index is 0.181. The fourth-order valence-electron chi connectivity index (χ4n) is 2.79. The largest absolute Gasteiger partial charge is 0.493 e. The highest BCUT2D eigenvalue weighted by Crippen LogP contribution is 2.28. The summed E-state index contributed by atoms with van der Waals surface area (Å²) < 4.78 is 10.6. The number of aliphatic imine (C=N–C) groups is 1. The summed E-state index contributed by atoms with van der Waals surface area (Å²) in [7, 11) is 3.20. The van der Waals surface area contributed by atoms with E-state index in [0.717, 1.165) is 17.5 Å². The number of carbonyl (C=O) groups excluding carboxylic acids is 1. The second-order valence-corrected chi connectivity index (χ2v) is 6.00. The quantitative estimate of drug-likeness (QED) is 0.813. The summed E-state index contributed by atoms with van der Waals surface area (Å²) in [5, 5.41) is 2.83. The Morgan fingerprint density at radius 3 is 2.35 bits per heavy atom. The molecule has 1 amide bonds. The van der Waals surface area contributed by atoms with Gasteiger partial charge in [0.1, 0.15) is 11.5 Å². The second-order valence-electron chi connectivity index (χ2n) is 6.00. The van der Waals surface area contributed by atoms with Crippen molar-refractivity contribution in [1.82, 2.24) is 5.32 Å². The van der Waals surface area contributed by atoms with E-state index in [4.69, 9.17) is 9.47 Å². The molecule has 0 bridgehead atoms. The van der Waals surface area contributed by atoms with Gasteiger partial charge in [0.15, 0.2) is 11.5 Å². The van der Waals surface area contributed by atoms with Crippen molar-refractivity contribution in [2.24, 2.45) is 4.99 Å². The molecule has 5 heteroatoms. The highest BCUT2D eigenvalue weighted by atomic mass is 16.5. The first kappa shape index (κ1) is 17.7. The molecule has 1 heterocycles. The maximum Gasteiger partial charge on any atom is 0.275 e. The van der Waals surface area contributed by atoms with Crippen LogP contribution in [0.5, 0.6) is 11.5 Å². The van der Waals surface area contributed by atoms with Gasteiger partial charge in [0, 0.05) is 6.42 Å². The number of hydrogen-bond acceptors (Lipinski definition) is 4. The van der Waals surface area contributed by atoms with Crippen LogP contribution in [0, 0.1) is 0 Å². The summed E-state index contributed by atoms with van der Waals surface area (Å²) in [5.41, 5.74) is 3.63. The molecule has 134 valence electrons. The zero-order valence-corrected chi connectivity index (χ0v) is 15.2. The van der Waals surface area contributed by atoms with Crippen molar-refractivity contribution in [3.8, 4) is 11.5 Å².